The summed E-state index contributed by atoms with van der Waals surface area (Å²) in [7, 11) is 0. The molecular weight excluding hydrogens is 184 g/mol. The van der Waals surface area contributed by atoms with Gasteiger partial charge in [0.2, 0.25) is 0 Å². The second kappa shape index (κ2) is 13.0. The van der Waals surface area contributed by atoms with Crippen molar-refractivity contribution in [2.24, 2.45) is 0 Å². The lowest BCUT2D eigenvalue weighted by Gasteiger charge is -2.06. The lowest BCUT2D eigenvalue weighted by molar-refractivity contribution is 0.315. The maximum Gasteiger partial charge on any atom is 0.122 e. The van der Waals surface area contributed by atoms with Crippen molar-refractivity contribution in [3.63, 3.8) is 0 Å². The predicted octanol–water partition coefficient (Wildman–Crippen LogP) is 4.84. The zero-order valence-corrected chi connectivity index (χ0v) is 11.1. The fourth-order valence-electron chi connectivity index (χ4n) is 0.930. The van der Waals surface area contributed by atoms with Gasteiger partial charge in [-0.3, -0.25) is 0 Å². The van der Waals surface area contributed by atoms with Crippen LogP contribution in [0.4, 0.5) is 0 Å². The molecule has 0 bridgehead atoms. The normalized spacial score (nSPS) is 7.87. The van der Waals surface area contributed by atoms with E-state index in [1.165, 1.54) is 5.56 Å². The average molecular weight is 210 g/mol. The van der Waals surface area contributed by atoms with Crippen LogP contribution >= 0.6 is 0 Å². The van der Waals surface area contributed by atoms with Gasteiger partial charge in [0.1, 0.15) is 5.75 Å². The van der Waals surface area contributed by atoms with Crippen LogP contribution < -0.4 is 4.74 Å². The molecular formula is C14H26O. The molecule has 0 aliphatic rings. The summed E-state index contributed by atoms with van der Waals surface area (Å²) in [5.41, 5.74) is 1.21. The van der Waals surface area contributed by atoms with E-state index in [9.17, 15) is 0 Å². The van der Waals surface area contributed by atoms with Gasteiger partial charge in [-0.2, -0.15) is 0 Å². The van der Waals surface area contributed by atoms with Gasteiger partial charge in [0.25, 0.3) is 0 Å². The number of benzene rings is 1. The van der Waals surface area contributed by atoms with Gasteiger partial charge in [-0.25, -0.2) is 0 Å². The minimum absolute atomic E-state index is 0.810. The summed E-state index contributed by atoms with van der Waals surface area (Å²) in [6, 6.07) is 8.09. The monoisotopic (exact) mass is 210 g/mol. The standard InChI is InChI=1S/C10H14O.2C2H6/c1-3-8-11-10-7-5-4-6-9(10)2;2*1-2/h4-7H,3,8H2,1-2H3;2*1-2H3. The fraction of sp³-hybridized carbons (Fsp3) is 0.571. The molecule has 0 aliphatic carbocycles. The minimum atomic E-state index is 0.810. The molecule has 0 N–H and O–H groups in total. The molecule has 0 unspecified atom stereocenters. The lowest BCUT2D eigenvalue weighted by Crippen LogP contribution is -1.95. The Morgan fingerprint density at radius 1 is 1.00 bits per heavy atom. The van der Waals surface area contributed by atoms with E-state index >= 15 is 0 Å². The quantitative estimate of drug-likeness (QED) is 0.694. The highest BCUT2D eigenvalue weighted by atomic mass is 16.5. The van der Waals surface area contributed by atoms with Crippen molar-refractivity contribution in [3.8, 4) is 5.75 Å². The zero-order chi connectivity index (χ0) is 12.1. The Morgan fingerprint density at radius 3 is 2.00 bits per heavy atom. The third kappa shape index (κ3) is 8.04. The van der Waals surface area contributed by atoms with Gasteiger partial charge >= 0.3 is 0 Å². The Labute approximate surface area is 95.5 Å². The Balaban J connectivity index is 0. The third-order valence-electron chi connectivity index (χ3n) is 1.56. The number of ether oxygens (including phenoxy) is 1. The molecule has 0 heterocycles. The van der Waals surface area contributed by atoms with Crippen molar-refractivity contribution in [2.75, 3.05) is 6.61 Å². The van der Waals surface area contributed by atoms with Crippen LogP contribution in [-0.4, -0.2) is 6.61 Å². The van der Waals surface area contributed by atoms with Gasteiger partial charge in [-0.15, -0.1) is 0 Å². The van der Waals surface area contributed by atoms with Crippen LogP contribution in [-0.2, 0) is 0 Å². The third-order valence-corrected chi connectivity index (χ3v) is 1.56. The van der Waals surface area contributed by atoms with Gasteiger partial charge in [-0.05, 0) is 25.0 Å². The van der Waals surface area contributed by atoms with Crippen molar-refractivity contribution in [1.29, 1.82) is 0 Å². The molecule has 1 aromatic rings. The summed E-state index contributed by atoms with van der Waals surface area (Å²) in [5, 5.41) is 0. The first-order valence-corrected chi connectivity index (χ1v) is 6.03. The zero-order valence-electron chi connectivity index (χ0n) is 11.1. The number of hydrogen-bond donors (Lipinski definition) is 0. The first-order valence-electron chi connectivity index (χ1n) is 6.03. The van der Waals surface area contributed by atoms with E-state index in [2.05, 4.69) is 19.9 Å². The van der Waals surface area contributed by atoms with Crippen LogP contribution in [0.2, 0.25) is 0 Å². The molecule has 15 heavy (non-hydrogen) atoms. The molecule has 0 amide bonds. The molecule has 0 radical (unpaired) electrons. The maximum atomic E-state index is 5.49. The first kappa shape index (κ1) is 16.4. The van der Waals surface area contributed by atoms with Crippen LogP contribution in [0.5, 0.6) is 5.75 Å². The van der Waals surface area contributed by atoms with Crippen molar-refractivity contribution in [1.82, 2.24) is 0 Å². The fourth-order valence-corrected chi connectivity index (χ4v) is 0.930. The van der Waals surface area contributed by atoms with E-state index in [0.29, 0.717) is 0 Å². The largest absolute Gasteiger partial charge is 0.493 e. The first-order chi connectivity index (χ1) is 7.34. The van der Waals surface area contributed by atoms with E-state index < -0.39 is 0 Å². The summed E-state index contributed by atoms with van der Waals surface area (Å²) in [6.07, 6.45) is 1.06. The molecule has 0 aromatic heterocycles. The van der Waals surface area contributed by atoms with Crippen molar-refractivity contribution in [3.05, 3.63) is 29.8 Å². The van der Waals surface area contributed by atoms with Crippen LogP contribution in [0, 0.1) is 6.92 Å². The van der Waals surface area contributed by atoms with Crippen LogP contribution in [0.1, 0.15) is 46.6 Å². The summed E-state index contributed by atoms with van der Waals surface area (Å²) < 4.78 is 5.49. The van der Waals surface area contributed by atoms with Crippen molar-refractivity contribution in [2.45, 2.75) is 48.0 Å². The van der Waals surface area contributed by atoms with E-state index in [1.807, 2.05) is 45.9 Å². The smallest absolute Gasteiger partial charge is 0.122 e. The topological polar surface area (TPSA) is 9.23 Å². The van der Waals surface area contributed by atoms with Gasteiger partial charge < -0.3 is 4.74 Å². The molecule has 88 valence electrons. The van der Waals surface area contributed by atoms with Gasteiger partial charge in [0.15, 0.2) is 0 Å². The summed E-state index contributed by atoms with van der Waals surface area (Å²) >= 11 is 0. The second-order valence-corrected chi connectivity index (χ2v) is 2.61. The Morgan fingerprint density at radius 2 is 1.53 bits per heavy atom. The number of rotatable bonds is 3. The Hall–Kier alpha value is -0.980. The van der Waals surface area contributed by atoms with Crippen LogP contribution in [0.15, 0.2) is 24.3 Å². The molecule has 1 heteroatoms. The Kier molecular flexibility index (Phi) is 14.3. The SMILES string of the molecule is CC.CC.CCCOc1ccccc1C. The molecule has 0 atom stereocenters. The molecule has 0 fully saturated rings. The predicted molar refractivity (Wildman–Crippen MR) is 69.7 cm³/mol. The van der Waals surface area contributed by atoms with Crippen molar-refractivity contribution < 1.29 is 4.74 Å². The van der Waals surface area contributed by atoms with Gasteiger partial charge in [0.05, 0.1) is 6.61 Å². The average Bonchev–Trinajstić information content (AvgIpc) is 2.33. The number of hydrogen-bond acceptors (Lipinski definition) is 1. The van der Waals surface area contributed by atoms with Crippen LogP contribution in [0.25, 0.3) is 0 Å². The van der Waals surface area contributed by atoms with E-state index in [0.717, 1.165) is 18.8 Å². The summed E-state index contributed by atoms with van der Waals surface area (Å²) in [4.78, 5) is 0. The highest BCUT2D eigenvalue weighted by molar-refractivity contribution is 5.31. The van der Waals surface area contributed by atoms with Crippen LogP contribution in [0.3, 0.4) is 0 Å². The Bertz CT molecular complexity index is 218. The molecule has 0 saturated carbocycles. The molecule has 1 nitrogen and oxygen atoms in total. The number of aryl methyl sites for hydroxylation is 1. The molecule has 1 rings (SSSR count). The molecule has 0 aliphatic heterocycles. The summed E-state index contributed by atoms with van der Waals surface area (Å²) in [6.45, 7) is 13.0. The lowest BCUT2D eigenvalue weighted by atomic mass is 10.2. The van der Waals surface area contributed by atoms with E-state index in [4.69, 9.17) is 4.74 Å². The second-order valence-electron chi connectivity index (χ2n) is 2.61. The molecule has 1 aromatic carbocycles. The van der Waals surface area contributed by atoms with Gasteiger partial charge in [0, 0.05) is 0 Å². The molecule has 0 spiro atoms. The van der Waals surface area contributed by atoms with Gasteiger partial charge in [-0.1, -0.05) is 52.8 Å². The van der Waals surface area contributed by atoms with E-state index in [1.54, 1.807) is 0 Å². The number of para-hydroxylation sites is 1. The van der Waals surface area contributed by atoms with E-state index in [-0.39, 0.29) is 0 Å². The minimum Gasteiger partial charge on any atom is -0.493 e. The maximum absolute atomic E-state index is 5.49. The highest BCUT2D eigenvalue weighted by Gasteiger charge is 1.94. The molecule has 0 saturated heterocycles. The van der Waals surface area contributed by atoms with Crippen molar-refractivity contribution >= 4 is 0 Å². The summed E-state index contributed by atoms with van der Waals surface area (Å²) in [5.74, 6) is 1.01. The highest BCUT2D eigenvalue weighted by Crippen LogP contribution is 2.15.